The molecule has 0 radical (unpaired) electrons. The van der Waals surface area contributed by atoms with Crippen LogP contribution in [0.4, 0.5) is 0 Å². The second kappa shape index (κ2) is 8.88. The number of hydrogen-bond acceptors (Lipinski definition) is 5. The fourth-order valence-electron chi connectivity index (χ4n) is 5.07. The minimum atomic E-state index is -0.185. The SMILES string of the molecule is CCc1ccc2[nH]c(=O)c([C@H](c3nnnn3C[C@H]3CCCO3)[NH+]3CCCCC3)cc2c1. The highest BCUT2D eigenvalue weighted by Gasteiger charge is 2.35. The van der Waals surface area contributed by atoms with Crippen molar-refractivity contribution >= 4 is 10.9 Å². The molecule has 0 bridgehead atoms. The van der Waals surface area contributed by atoms with E-state index >= 15 is 0 Å². The molecule has 0 aliphatic carbocycles. The Kier molecular flexibility index (Phi) is 5.82. The number of piperidine rings is 1. The molecule has 2 atom stereocenters. The maximum absolute atomic E-state index is 13.3. The van der Waals surface area contributed by atoms with E-state index in [0.29, 0.717) is 6.54 Å². The average Bonchev–Trinajstić information content (AvgIpc) is 3.48. The van der Waals surface area contributed by atoms with Crippen LogP contribution in [0.25, 0.3) is 10.9 Å². The van der Waals surface area contributed by atoms with Gasteiger partial charge in [0, 0.05) is 12.1 Å². The minimum absolute atomic E-state index is 0.0495. The normalized spacial score (nSPS) is 21.0. The number of benzene rings is 1. The van der Waals surface area contributed by atoms with Crippen molar-refractivity contribution in [2.45, 2.75) is 64.1 Å². The van der Waals surface area contributed by atoms with Crippen LogP contribution in [0.5, 0.6) is 0 Å². The van der Waals surface area contributed by atoms with Crippen LogP contribution in [0.3, 0.4) is 0 Å². The van der Waals surface area contributed by atoms with Crippen LogP contribution < -0.4 is 10.5 Å². The fourth-order valence-corrected chi connectivity index (χ4v) is 5.07. The van der Waals surface area contributed by atoms with E-state index in [4.69, 9.17) is 4.74 Å². The number of hydrogen-bond donors (Lipinski definition) is 2. The molecule has 2 saturated heterocycles. The molecule has 0 spiro atoms. The van der Waals surface area contributed by atoms with Crippen molar-refractivity contribution in [3.63, 3.8) is 0 Å². The number of nitrogens with zero attached hydrogens (tertiary/aromatic N) is 4. The van der Waals surface area contributed by atoms with Crippen molar-refractivity contribution in [3.8, 4) is 0 Å². The molecule has 2 aromatic heterocycles. The third-order valence-corrected chi connectivity index (χ3v) is 6.78. The molecule has 2 aliphatic rings. The lowest BCUT2D eigenvalue weighted by atomic mass is 9.99. The molecule has 2 N–H and O–H groups in total. The van der Waals surface area contributed by atoms with Gasteiger partial charge in [-0.05, 0) is 78.1 Å². The van der Waals surface area contributed by atoms with Crippen LogP contribution in [0.2, 0.25) is 0 Å². The highest BCUT2D eigenvalue weighted by molar-refractivity contribution is 5.79. The van der Waals surface area contributed by atoms with Gasteiger partial charge in [-0.2, -0.15) is 0 Å². The lowest BCUT2D eigenvalue weighted by Gasteiger charge is -2.30. The number of likely N-dealkylation sites (tertiary alicyclic amines) is 1. The molecule has 8 nitrogen and oxygen atoms in total. The Morgan fingerprint density at radius 2 is 2.10 bits per heavy atom. The number of aromatic nitrogens is 5. The summed E-state index contributed by atoms with van der Waals surface area (Å²) in [6.07, 6.45) is 6.76. The van der Waals surface area contributed by atoms with Crippen molar-refractivity contribution < 1.29 is 9.64 Å². The number of pyridine rings is 1. The van der Waals surface area contributed by atoms with Crippen molar-refractivity contribution in [1.29, 1.82) is 0 Å². The van der Waals surface area contributed by atoms with E-state index in [0.717, 1.165) is 74.1 Å². The number of H-pyrrole nitrogens is 1. The first-order valence-electron chi connectivity index (χ1n) is 11.6. The van der Waals surface area contributed by atoms with E-state index in [1.807, 2.05) is 10.7 Å². The Labute approximate surface area is 181 Å². The van der Waals surface area contributed by atoms with Crippen molar-refractivity contribution in [2.75, 3.05) is 19.7 Å². The monoisotopic (exact) mass is 423 g/mol. The first-order chi connectivity index (χ1) is 15.2. The molecule has 8 heteroatoms. The van der Waals surface area contributed by atoms with Crippen LogP contribution in [-0.4, -0.2) is 51.0 Å². The Morgan fingerprint density at radius 3 is 2.87 bits per heavy atom. The van der Waals surface area contributed by atoms with Gasteiger partial charge in [-0.1, -0.05) is 13.0 Å². The van der Waals surface area contributed by atoms with E-state index < -0.39 is 0 Å². The van der Waals surface area contributed by atoms with E-state index in [2.05, 4.69) is 45.6 Å². The van der Waals surface area contributed by atoms with Crippen molar-refractivity contribution in [2.24, 2.45) is 0 Å². The Balaban J connectivity index is 1.59. The maximum atomic E-state index is 13.3. The Bertz CT molecular complexity index is 1090. The number of rotatable bonds is 6. The van der Waals surface area contributed by atoms with Crippen LogP contribution in [0.1, 0.15) is 62.0 Å². The number of tetrazole rings is 1. The minimum Gasteiger partial charge on any atom is -0.376 e. The van der Waals surface area contributed by atoms with Gasteiger partial charge in [0.05, 0.1) is 31.3 Å². The summed E-state index contributed by atoms with van der Waals surface area (Å²) in [4.78, 5) is 17.7. The topological polar surface area (TPSA) is 90.1 Å². The number of ether oxygens (including phenoxy) is 1. The highest BCUT2D eigenvalue weighted by atomic mass is 16.5. The number of nitrogens with one attached hydrogen (secondary N) is 2. The zero-order chi connectivity index (χ0) is 21.2. The number of aromatic amines is 1. The summed E-state index contributed by atoms with van der Waals surface area (Å²) in [5.74, 6) is 0.767. The zero-order valence-corrected chi connectivity index (χ0v) is 18.1. The van der Waals surface area contributed by atoms with Crippen molar-refractivity contribution in [1.82, 2.24) is 25.2 Å². The van der Waals surface area contributed by atoms with Gasteiger partial charge in [0.1, 0.15) is 0 Å². The maximum Gasteiger partial charge on any atom is 0.258 e. The van der Waals surface area contributed by atoms with E-state index in [9.17, 15) is 4.79 Å². The lowest BCUT2D eigenvalue weighted by molar-refractivity contribution is -0.931. The van der Waals surface area contributed by atoms with E-state index in [1.165, 1.54) is 16.9 Å². The summed E-state index contributed by atoms with van der Waals surface area (Å²) >= 11 is 0. The van der Waals surface area contributed by atoms with Gasteiger partial charge in [0.15, 0.2) is 6.04 Å². The standard InChI is InChI=1S/C23H30N6O2/c1-2-16-8-9-20-17(13-16)14-19(23(30)24-20)21(28-10-4-3-5-11-28)22-25-26-27-29(22)15-18-7-6-12-31-18/h8-9,13-14,18,21H,2-7,10-12,15H2,1H3,(H,24,30)/p+1/t18-,21-/m1/s1. The lowest BCUT2D eigenvalue weighted by Crippen LogP contribution is -3.13. The molecule has 164 valence electrons. The van der Waals surface area contributed by atoms with Crippen LogP contribution in [0, 0.1) is 0 Å². The molecule has 3 aromatic rings. The predicted molar refractivity (Wildman–Crippen MR) is 117 cm³/mol. The number of fused-ring (bicyclic) bond motifs is 1. The molecule has 1 aromatic carbocycles. The first-order valence-corrected chi connectivity index (χ1v) is 11.6. The fraction of sp³-hybridized carbons (Fsp3) is 0.565. The summed E-state index contributed by atoms with van der Waals surface area (Å²) in [5, 5.41) is 13.8. The summed E-state index contributed by atoms with van der Waals surface area (Å²) in [6, 6.07) is 8.13. The van der Waals surface area contributed by atoms with Gasteiger partial charge in [-0.15, -0.1) is 5.10 Å². The largest absolute Gasteiger partial charge is 0.376 e. The second-order valence-electron chi connectivity index (χ2n) is 8.84. The quantitative estimate of drug-likeness (QED) is 0.626. The summed E-state index contributed by atoms with van der Waals surface area (Å²) < 4.78 is 7.70. The molecule has 2 aliphatic heterocycles. The molecular formula is C23H31N6O2+. The number of aryl methyl sites for hydroxylation is 1. The molecule has 2 fully saturated rings. The molecule has 0 saturated carbocycles. The van der Waals surface area contributed by atoms with Crippen LogP contribution in [0.15, 0.2) is 29.1 Å². The average molecular weight is 424 g/mol. The predicted octanol–water partition coefficient (Wildman–Crippen LogP) is 1.41. The molecule has 0 amide bonds. The molecular weight excluding hydrogens is 392 g/mol. The third kappa shape index (κ3) is 4.14. The van der Waals surface area contributed by atoms with Gasteiger partial charge in [0.25, 0.3) is 5.56 Å². The van der Waals surface area contributed by atoms with Gasteiger partial charge in [0.2, 0.25) is 5.82 Å². The molecule has 0 unspecified atom stereocenters. The van der Waals surface area contributed by atoms with Gasteiger partial charge in [-0.3, -0.25) is 4.79 Å². The smallest absolute Gasteiger partial charge is 0.258 e. The van der Waals surface area contributed by atoms with E-state index in [1.54, 1.807) is 0 Å². The van der Waals surface area contributed by atoms with Crippen LogP contribution >= 0.6 is 0 Å². The van der Waals surface area contributed by atoms with E-state index in [-0.39, 0.29) is 17.7 Å². The third-order valence-electron chi connectivity index (χ3n) is 6.78. The molecule has 31 heavy (non-hydrogen) atoms. The van der Waals surface area contributed by atoms with Gasteiger partial charge in [-0.25, -0.2) is 4.68 Å². The Hall–Kier alpha value is -2.58. The van der Waals surface area contributed by atoms with Gasteiger partial charge < -0.3 is 14.6 Å². The first kappa shape index (κ1) is 20.3. The number of quaternary nitrogens is 1. The summed E-state index contributed by atoms with van der Waals surface area (Å²) in [7, 11) is 0. The van der Waals surface area contributed by atoms with Crippen molar-refractivity contribution in [3.05, 3.63) is 51.6 Å². The highest BCUT2D eigenvalue weighted by Crippen LogP contribution is 2.22. The molecule has 4 heterocycles. The van der Waals surface area contributed by atoms with Crippen LogP contribution in [-0.2, 0) is 17.7 Å². The summed E-state index contributed by atoms with van der Waals surface area (Å²) in [5.41, 5.74) is 2.83. The van der Waals surface area contributed by atoms with Gasteiger partial charge >= 0.3 is 0 Å². The molecule has 5 rings (SSSR count). The zero-order valence-electron chi connectivity index (χ0n) is 18.1. The summed E-state index contributed by atoms with van der Waals surface area (Å²) in [6.45, 7) is 5.62. The Morgan fingerprint density at radius 1 is 1.23 bits per heavy atom. The second-order valence-corrected chi connectivity index (χ2v) is 8.84.